The molecule has 0 spiro atoms. The summed E-state index contributed by atoms with van der Waals surface area (Å²) in [5.74, 6) is 0. The Hall–Kier alpha value is -6.25. The Morgan fingerprint density at radius 1 is 0.440 bits per heavy atom. The first kappa shape index (κ1) is 28.7. The summed E-state index contributed by atoms with van der Waals surface area (Å²) in [6.07, 6.45) is 3.78. The van der Waals surface area contributed by atoms with Crippen LogP contribution in [0.3, 0.4) is 0 Å². The number of fused-ring (bicyclic) bond motifs is 7. The van der Waals surface area contributed by atoms with E-state index >= 15 is 0 Å². The van der Waals surface area contributed by atoms with Crippen molar-refractivity contribution in [2.45, 2.75) is 19.3 Å². The van der Waals surface area contributed by atoms with E-state index in [4.69, 9.17) is 0 Å². The highest BCUT2D eigenvalue weighted by Gasteiger charge is 2.36. The van der Waals surface area contributed by atoms with Gasteiger partial charge in [0.15, 0.2) is 0 Å². The summed E-state index contributed by atoms with van der Waals surface area (Å²) in [4.78, 5) is 4.25. The van der Waals surface area contributed by atoms with Crippen molar-refractivity contribution in [3.8, 4) is 50.2 Å². The summed E-state index contributed by atoms with van der Waals surface area (Å²) >= 11 is 0. The van der Waals surface area contributed by atoms with E-state index in [2.05, 4.69) is 181 Å². The number of benzene rings is 7. The van der Waals surface area contributed by atoms with Crippen LogP contribution in [-0.4, -0.2) is 9.55 Å². The van der Waals surface area contributed by atoms with Crippen molar-refractivity contribution in [2.75, 3.05) is 0 Å². The van der Waals surface area contributed by atoms with Crippen LogP contribution in [0.15, 0.2) is 170 Å². The van der Waals surface area contributed by atoms with Crippen molar-refractivity contribution in [3.05, 3.63) is 181 Å². The quantitative estimate of drug-likeness (QED) is 0.188. The van der Waals surface area contributed by atoms with Crippen LogP contribution >= 0.6 is 0 Å². The molecule has 50 heavy (non-hydrogen) atoms. The number of nitrogens with zero attached hydrogens (tertiary/aromatic N) is 2. The zero-order chi connectivity index (χ0) is 33.4. The average molecular weight is 639 g/mol. The normalized spacial score (nSPS) is 13.2. The van der Waals surface area contributed by atoms with Gasteiger partial charge in [0.1, 0.15) is 0 Å². The molecule has 0 amide bonds. The van der Waals surface area contributed by atoms with E-state index in [0.717, 1.165) is 5.39 Å². The molecule has 0 saturated heterocycles. The molecule has 236 valence electrons. The minimum Gasteiger partial charge on any atom is -0.309 e. The number of hydrogen-bond acceptors (Lipinski definition) is 1. The lowest BCUT2D eigenvalue weighted by atomic mass is 9.81. The zero-order valence-corrected chi connectivity index (χ0v) is 28.1. The third-order valence-electron chi connectivity index (χ3n) is 10.9. The Kier molecular flexibility index (Phi) is 6.25. The van der Waals surface area contributed by atoms with E-state index < -0.39 is 0 Å². The van der Waals surface area contributed by atoms with Crippen molar-refractivity contribution in [2.24, 2.45) is 0 Å². The lowest BCUT2D eigenvalue weighted by molar-refractivity contribution is 0.661. The summed E-state index contributed by atoms with van der Waals surface area (Å²) < 4.78 is 2.40. The maximum atomic E-state index is 4.25. The Balaban J connectivity index is 0.990. The molecule has 2 heterocycles. The molecule has 0 N–H and O–H groups in total. The van der Waals surface area contributed by atoms with Gasteiger partial charge in [0.25, 0.3) is 0 Å². The van der Waals surface area contributed by atoms with Crippen LogP contribution in [0, 0.1) is 0 Å². The summed E-state index contributed by atoms with van der Waals surface area (Å²) in [5, 5.41) is 4.93. The van der Waals surface area contributed by atoms with Gasteiger partial charge < -0.3 is 4.57 Å². The SMILES string of the molecule is CC1(C)c2cc(-c3ccc(-c4ccc5cnccc5c4)cc3)ccc2-c2ccc(-c3cccc(-n4c5ccccc5c5ccccc54)c3)cc21. The highest BCUT2D eigenvalue weighted by atomic mass is 15.0. The molecule has 0 radical (unpaired) electrons. The predicted molar refractivity (Wildman–Crippen MR) is 210 cm³/mol. The molecule has 1 aliphatic rings. The topological polar surface area (TPSA) is 17.8 Å². The van der Waals surface area contributed by atoms with E-state index in [1.807, 2.05) is 12.4 Å². The second kappa shape index (κ2) is 10.9. The van der Waals surface area contributed by atoms with Crippen LogP contribution in [0.4, 0.5) is 0 Å². The standard InChI is InChI=1S/C48H34N2/c1-48(2)44-28-35(32-16-14-31(15-17-32)34-18-19-38-30-49-25-24-37(38)26-34)20-22-40(44)41-23-21-36(29-45(41)48)33-8-7-9-39(27-33)50-46-12-5-3-10-42(46)43-11-4-6-13-47(43)50/h3-30H,1-2H3. The Morgan fingerprint density at radius 2 is 0.980 bits per heavy atom. The lowest BCUT2D eigenvalue weighted by Crippen LogP contribution is -2.15. The van der Waals surface area contributed by atoms with Gasteiger partial charge in [0.2, 0.25) is 0 Å². The fourth-order valence-corrected chi connectivity index (χ4v) is 8.24. The highest BCUT2D eigenvalue weighted by molar-refractivity contribution is 6.09. The first-order valence-corrected chi connectivity index (χ1v) is 17.4. The van der Waals surface area contributed by atoms with Crippen LogP contribution < -0.4 is 0 Å². The second-order valence-corrected chi connectivity index (χ2v) is 14.1. The number of hydrogen-bond donors (Lipinski definition) is 0. The molecule has 0 atom stereocenters. The number of rotatable bonds is 4. The molecule has 0 saturated carbocycles. The smallest absolute Gasteiger partial charge is 0.0541 e. The Morgan fingerprint density at radius 3 is 1.64 bits per heavy atom. The fraction of sp³-hybridized carbons (Fsp3) is 0.0625. The van der Waals surface area contributed by atoms with Gasteiger partial charge in [-0.1, -0.05) is 123 Å². The van der Waals surface area contributed by atoms with Crippen LogP contribution in [-0.2, 0) is 5.41 Å². The van der Waals surface area contributed by atoms with Gasteiger partial charge in [0, 0.05) is 39.7 Å². The minimum atomic E-state index is -0.124. The molecule has 2 nitrogen and oxygen atoms in total. The van der Waals surface area contributed by atoms with Crippen molar-refractivity contribution in [1.29, 1.82) is 0 Å². The molecular weight excluding hydrogens is 605 g/mol. The number of para-hydroxylation sites is 2. The third kappa shape index (κ3) is 4.38. The summed E-state index contributed by atoms with van der Waals surface area (Å²) in [5.41, 5.74) is 16.3. The van der Waals surface area contributed by atoms with Crippen LogP contribution in [0.2, 0.25) is 0 Å². The van der Waals surface area contributed by atoms with E-state index in [1.54, 1.807) is 0 Å². The second-order valence-electron chi connectivity index (χ2n) is 14.1. The van der Waals surface area contributed by atoms with Gasteiger partial charge in [-0.15, -0.1) is 0 Å². The third-order valence-corrected chi connectivity index (χ3v) is 10.9. The van der Waals surface area contributed by atoms with Gasteiger partial charge in [-0.25, -0.2) is 0 Å². The molecule has 0 bridgehead atoms. The van der Waals surface area contributed by atoms with Crippen molar-refractivity contribution in [1.82, 2.24) is 9.55 Å². The van der Waals surface area contributed by atoms with E-state index in [1.165, 1.54) is 88.5 Å². The molecular formula is C48H34N2. The predicted octanol–water partition coefficient (Wildman–Crippen LogP) is 12.6. The molecule has 0 aliphatic heterocycles. The highest BCUT2D eigenvalue weighted by Crippen LogP contribution is 2.51. The fourth-order valence-electron chi connectivity index (χ4n) is 8.24. The Bertz CT molecular complexity index is 2730. The van der Waals surface area contributed by atoms with Crippen LogP contribution in [0.25, 0.3) is 82.8 Å². The molecule has 2 heteroatoms. The van der Waals surface area contributed by atoms with E-state index in [-0.39, 0.29) is 5.41 Å². The molecule has 1 aliphatic carbocycles. The van der Waals surface area contributed by atoms with E-state index in [0.29, 0.717) is 0 Å². The molecule has 2 aromatic heterocycles. The maximum Gasteiger partial charge on any atom is 0.0541 e. The van der Waals surface area contributed by atoms with Gasteiger partial charge in [-0.3, -0.25) is 4.98 Å². The van der Waals surface area contributed by atoms with Crippen LogP contribution in [0.5, 0.6) is 0 Å². The van der Waals surface area contributed by atoms with Crippen molar-refractivity contribution < 1.29 is 0 Å². The summed E-state index contributed by atoms with van der Waals surface area (Å²) in [6, 6.07) is 58.1. The molecule has 0 unspecified atom stereocenters. The van der Waals surface area contributed by atoms with Crippen LogP contribution in [0.1, 0.15) is 25.0 Å². The summed E-state index contributed by atoms with van der Waals surface area (Å²) in [6.45, 7) is 4.75. The minimum absolute atomic E-state index is 0.124. The van der Waals surface area contributed by atoms with Gasteiger partial charge >= 0.3 is 0 Å². The average Bonchev–Trinajstić information content (AvgIpc) is 3.63. The monoisotopic (exact) mass is 638 g/mol. The van der Waals surface area contributed by atoms with Crippen molar-refractivity contribution >= 4 is 32.6 Å². The molecule has 10 rings (SSSR count). The summed E-state index contributed by atoms with van der Waals surface area (Å²) in [7, 11) is 0. The van der Waals surface area contributed by atoms with E-state index in [9.17, 15) is 0 Å². The first-order valence-electron chi connectivity index (χ1n) is 17.4. The largest absolute Gasteiger partial charge is 0.309 e. The molecule has 9 aromatic rings. The van der Waals surface area contributed by atoms with Gasteiger partial charge in [-0.2, -0.15) is 0 Å². The van der Waals surface area contributed by atoms with Gasteiger partial charge in [-0.05, 0) is 110 Å². The number of aromatic nitrogens is 2. The maximum absolute atomic E-state index is 4.25. The Labute approximate surface area is 291 Å². The zero-order valence-electron chi connectivity index (χ0n) is 28.1. The molecule has 7 aromatic carbocycles. The number of pyridine rings is 1. The lowest BCUT2D eigenvalue weighted by Gasteiger charge is -2.23. The first-order chi connectivity index (χ1) is 24.5. The van der Waals surface area contributed by atoms with Crippen molar-refractivity contribution in [3.63, 3.8) is 0 Å². The molecule has 0 fully saturated rings. The van der Waals surface area contributed by atoms with Gasteiger partial charge in [0.05, 0.1) is 11.0 Å².